The molecule has 1 aromatic carbocycles. The molecule has 0 saturated carbocycles. The predicted molar refractivity (Wildman–Crippen MR) is 146 cm³/mol. The first kappa shape index (κ1) is 28.3. The van der Waals surface area contributed by atoms with Gasteiger partial charge < -0.3 is 25.2 Å². The van der Waals surface area contributed by atoms with Gasteiger partial charge in [-0.2, -0.15) is 0 Å². The van der Waals surface area contributed by atoms with Crippen molar-refractivity contribution in [3.63, 3.8) is 0 Å². The lowest BCUT2D eigenvalue weighted by molar-refractivity contribution is -0.148. The Labute approximate surface area is 233 Å². The third-order valence-corrected chi connectivity index (χ3v) is 9.56. The van der Waals surface area contributed by atoms with Crippen molar-refractivity contribution in [1.82, 2.24) is 9.80 Å². The van der Waals surface area contributed by atoms with Gasteiger partial charge in [0.25, 0.3) is 0 Å². The van der Waals surface area contributed by atoms with Crippen molar-refractivity contribution in [3.05, 3.63) is 45.4 Å². The maximum Gasteiger partial charge on any atom is 0.209 e. The van der Waals surface area contributed by atoms with Gasteiger partial charge in [-0.25, -0.2) is 0 Å². The van der Waals surface area contributed by atoms with Crippen LogP contribution in [-0.2, 0) is 16.0 Å². The van der Waals surface area contributed by atoms with Crippen molar-refractivity contribution < 1.29 is 39.5 Å². The number of phenolic OH excluding ortho intramolecular Hbond substituents is 1. The van der Waals surface area contributed by atoms with Gasteiger partial charge in [-0.3, -0.25) is 24.2 Å². The van der Waals surface area contributed by atoms with E-state index in [1.165, 1.54) is 7.11 Å². The number of hydrogen-bond donors (Lipinski definition) is 4. The number of hydrogen-bond acceptors (Lipinski definition) is 10. The molecule has 5 atom stereocenters. The first-order valence-electron chi connectivity index (χ1n) is 14.0. The van der Waals surface area contributed by atoms with E-state index in [2.05, 4.69) is 11.8 Å². The number of carbonyl (C=O) groups is 3. The molecule has 10 nitrogen and oxygen atoms in total. The lowest BCUT2D eigenvalue weighted by Gasteiger charge is -2.50. The van der Waals surface area contributed by atoms with Gasteiger partial charge in [-0.1, -0.05) is 13.8 Å². The number of nitrogens with zero attached hydrogens (tertiary/aromatic N) is 2. The van der Waals surface area contributed by atoms with Crippen molar-refractivity contribution in [1.29, 1.82) is 0 Å². The van der Waals surface area contributed by atoms with E-state index in [0.717, 1.165) is 38.4 Å². The molecule has 1 aromatic rings. The summed E-state index contributed by atoms with van der Waals surface area (Å²) in [5, 5.41) is 45.7. The van der Waals surface area contributed by atoms with Crippen molar-refractivity contribution in [2.45, 2.75) is 64.1 Å². The smallest absolute Gasteiger partial charge is 0.209 e. The Hall–Kier alpha value is -3.21. The van der Waals surface area contributed by atoms with Gasteiger partial charge >= 0.3 is 0 Å². The molecule has 5 rings (SSSR count). The largest absolute Gasteiger partial charge is 0.510 e. The topological polar surface area (TPSA) is 148 Å². The number of carbonyl (C=O) groups excluding carboxylic acids is 3. The highest BCUT2D eigenvalue weighted by Gasteiger charge is 2.63. The quantitative estimate of drug-likeness (QED) is 0.387. The highest BCUT2D eigenvalue weighted by molar-refractivity contribution is 6.25. The summed E-state index contributed by atoms with van der Waals surface area (Å²) < 4.78 is 5.87. The number of likely N-dealkylation sites (N-methyl/N-ethyl adjacent to an activating group) is 1. The maximum atomic E-state index is 14.0. The summed E-state index contributed by atoms with van der Waals surface area (Å²) in [6.45, 7) is 7.19. The van der Waals surface area contributed by atoms with Gasteiger partial charge in [0.15, 0.2) is 17.2 Å². The van der Waals surface area contributed by atoms with Gasteiger partial charge in [0, 0.05) is 28.7 Å². The summed E-state index contributed by atoms with van der Waals surface area (Å²) in [4.78, 5) is 44.0. The number of phenols is 1. The molecular weight excluding hydrogens is 516 g/mol. The number of likely N-dealkylation sites (tertiary alicyclic amines) is 1. The van der Waals surface area contributed by atoms with Crippen LogP contribution in [0.1, 0.15) is 67.6 Å². The third-order valence-electron chi connectivity index (χ3n) is 9.56. The van der Waals surface area contributed by atoms with Gasteiger partial charge in [0.1, 0.15) is 28.6 Å². The molecule has 40 heavy (non-hydrogen) atoms. The molecule has 0 aromatic heterocycles. The number of aliphatic hydroxyl groups is 3. The SMILES string of the molecule is CCN1CCCC1c1cc(O)c2c(c1OC)C[C@H]1C[C@H]3[C@H](N(C)CC)C(O)=C(C(C)=O)C(=O)[C@@]3(O)C(O)=C1C2=O. The number of aliphatic hydroxyl groups excluding tert-OH is 2. The minimum absolute atomic E-state index is 0.0165. The zero-order valence-electron chi connectivity index (χ0n) is 23.7. The van der Waals surface area contributed by atoms with Crippen LogP contribution in [0.2, 0.25) is 0 Å². The van der Waals surface area contributed by atoms with Crippen molar-refractivity contribution >= 4 is 17.3 Å². The van der Waals surface area contributed by atoms with Crippen LogP contribution < -0.4 is 4.74 Å². The van der Waals surface area contributed by atoms with Crippen LogP contribution in [-0.4, -0.2) is 93.0 Å². The van der Waals surface area contributed by atoms with Crippen molar-refractivity contribution in [2.75, 3.05) is 33.8 Å². The predicted octanol–water partition coefficient (Wildman–Crippen LogP) is 2.78. The number of rotatable bonds is 6. The van der Waals surface area contributed by atoms with Crippen LogP contribution in [0.5, 0.6) is 11.5 Å². The molecule has 3 aliphatic carbocycles. The molecule has 0 amide bonds. The molecule has 4 aliphatic rings. The molecule has 0 spiro atoms. The second-order valence-electron chi connectivity index (χ2n) is 11.4. The van der Waals surface area contributed by atoms with Crippen molar-refractivity contribution in [2.24, 2.45) is 11.8 Å². The third kappa shape index (κ3) is 3.76. The molecule has 10 heteroatoms. The number of aromatic hydroxyl groups is 1. The highest BCUT2D eigenvalue weighted by atomic mass is 16.5. The average Bonchev–Trinajstić information content (AvgIpc) is 3.39. The number of Topliss-reactive ketones (excluding diaryl/α,β-unsaturated/α-hetero) is 3. The number of benzene rings is 1. The maximum absolute atomic E-state index is 14.0. The number of allylic oxidation sites excluding steroid dienone is 1. The van der Waals surface area contributed by atoms with Crippen molar-refractivity contribution in [3.8, 4) is 11.5 Å². The molecule has 4 N–H and O–H groups in total. The summed E-state index contributed by atoms with van der Waals surface area (Å²) in [5.41, 5.74) is -1.99. The van der Waals surface area contributed by atoms with Gasteiger partial charge in [-0.15, -0.1) is 0 Å². The standard InChI is InChI=1S/C30H38N2O8/c1-6-31(4)24-18-12-15-11-17-23(20(34)13-16(27(17)40-5)19-9-8-10-32(19)7-2)25(35)22(15)29(38)30(18,39)28(37)21(14(3)33)26(24)36/h13,15,18-19,24,34,36,38-39H,6-12H2,1-5H3/t15-,18-,19?,24-,30+/m0/s1. The molecule has 0 radical (unpaired) electrons. The van der Waals surface area contributed by atoms with Crippen LogP contribution in [0.4, 0.5) is 0 Å². The monoisotopic (exact) mass is 554 g/mol. The molecule has 1 fully saturated rings. The average molecular weight is 555 g/mol. The fourth-order valence-electron chi connectivity index (χ4n) is 7.58. The van der Waals surface area contributed by atoms with E-state index in [1.54, 1.807) is 18.0 Å². The molecule has 0 bridgehead atoms. The zero-order valence-corrected chi connectivity index (χ0v) is 23.7. The fourth-order valence-corrected chi connectivity index (χ4v) is 7.58. The van der Waals surface area contributed by atoms with Crippen LogP contribution in [0.25, 0.3) is 0 Å². The van der Waals surface area contributed by atoms with E-state index >= 15 is 0 Å². The summed E-state index contributed by atoms with van der Waals surface area (Å²) in [5.74, 6) is -5.17. The van der Waals surface area contributed by atoms with E-state index in [4.69, 9.17) is 4.74 Å². The number of ketones is 3. The number of ether oxygens (including phenoxy) is 1. The Bertz CT molecular complexity index is 1360. The lowest BCUT2D eigenvalue weighted by Crippen LogP contribution is -2.63. The molecule has 1 saturated heterocycles. The van der Waals surface area contributed by atoms with E-state index < -0.39 is 57.9 Å². The van der Waals surface area contributed by atoms with Gasteiger partial charge in [-0.05, 0) is 71.3 Å². The minimum Gasteiger partial charge on any atom is -0.510 e. The Morgan fingerprint density at radius 3 is 2.52 bits per heavy atom. The van der Waals surface area contributed by atoms with E-state index in [-0.39, 0.29) is 35.8 Å². The summed E-state index contributed by atoms with van der Waals surface area (Å²) in [7, 11) is 3.23. The summed E-state index contributed by atoms with van der Waals surface area (Å²) in [6.07, 6.45) is 2.19. The Kier molecular flexibility index (Phi) is 7.09. The molecule has 216 valence electrons. The molecule has 1 aliphatic heterocycles. The molecule has 1 heterocycles. The molecule has 1 unspecified atom stereocenters. The second kappa shape index (κ2) is 10.0. The fraction of sp³-hybridized carbons (Fsp3) is 0.567. The lowest BCUT2D eigenvalue weighted by atomic mass is 9.58. The van der Waals surface area contributed by atoms with Crippen LogP contribution in [0.15, 0.2) is 28.7 Å². The van der Waals surface area contributed by atoms with E-state index in [0.29, 0.717) is 17.9 Å². The Morgan fingerprint density at radius 1 is 1.23 bits per heavy atom. The minimum atomic E-state index is -2.58. The number of methoxy groups -OCH3 is 1. The highest BCUT2D eigenvalue weighted by Crippen LogP contribution is 2.54. The van der Waals surface area contributed by atoms with E-state index in [1.807, 2.05) is 6.92 Å². The molecular formula is C30H38N2O8. The number of fused-ring (bicyclic) bond motifs is 3. The first-order valence-corrected chi connectivity index (χ1v) is 14.0. The summed E-state index contributed by atoms with van der Waals surface area (Å²) in [6, 6.07) is 0.641. The van der Waals surface area contributed by atoms with Crippen LogP contribution >= 0.6 is 0 Å². The van der Waals surface area contributed by atoms with Gasteiger partial charge in [0.2, 0.25) is 5.78 Å². The van der Waals surface area contributed by atoms with E-state index in [9.17, 15) is 34.8 Å². The van der Waals surface area contributed by atoms with Crippen LogP contribution in [0.3, 0.4) is 0 Å². The summed E-state index contributed by atoms with van der Waals surface area (Å²) >= 11 is 0. The Balaban J connectivity index is 1.70. The Morgan fingerprint density at radius 2 is 1.93 bits per heavy atom. The van der Waals surface area contributed by atoms with Gasteiger partial charge in [0.05, 0.1) is 18.7 Å². The zero-order chi connectivity index (χ0) is 29.3. The first-order chi connectivity index (χ1) is 18.9. The second-order valence-corrected chi connectivity index (χ2v) is 11.4. The van der Waals surface area contributed by atoms with Crippen LogP contribution in [0, 0.1) is 11.8 Å². The normalized spacial score (nSPS) is 30.5.